The second-order valence-electron chi connectivity index (χ2n) is 10.9. The Labute approximate surface area is 283 Å². The number of hydrogen-bond donors (Lipinski definition) is 6. The monoisotopic (exact) mass is 715 g/mol. The van der Waals surface area contributed by atoms with Crippen LogP contribution in [0.3, 0.4) is 0 Å². The van der Waals surface area contributed by atoms with Gasteiger partial charge >= 0.3 is 30.0 Å². The Morgan fingerprint density at radius 3 is 2.10 bits per heavy atom. The highest BCUT2D eigenvalue weighted by molar-refractivity contribution is 5.94. The molecule has 21 nitrogen and oxygen atoms in total. The summed E-state index contributed by atoms with van der Waals surface area (Å²) in [6.45, 7) is 4.69. The maximum absolute atomic E-state index is 13.1. The molecule has 0 aliphatic heterocycles. The number of hydrogen-bond acceptors (Lipinski definition) is 20. The third-order valence-corrected chi connectivity index (χ3v) is 5.58. The van der Waals surface area contributed by atoms with E-state index in [1.54, 1.807) is 20.8 Å². The van der Waals surface area contributed by atoms with Crippen LogP contribution < -0.4 is 19.5 Å². The van der Waals surface area contributed by atoms with Crippen LogP contribution in [-0.4, -0.2) is 111 Å². The highest BCUT2D eigenvalue weighted by Gasteiger charge is 2.31. The largest absolute Gasteiger partial charge is 0.487 e. The van der Waals surface area contributed by atoms with Gasteiger partial charge in [0, 0.05) is 6.92 Å². The molecule has 6 N–H and O–H groups in total. The zero-order valence-electron chi connectivity index (χ0n) is 27.3. The second kappa shape index (κ2) is 19.3. The molecule has 0 saturated heterocycles. The number of para-hydroxylation sites is 1. The number of amides is 1. The Hall–Kier alpha value is -4.97. The first kappa shape index (κ1) is 41.2. The van der Waals surface area contributed by atoms with Crippen molar-refractivity contribution in [2.45, 2.75) is 58.5 Å². The number of carbonyl (C=O) groups excluding carboxylic acids is 5. The average Bonchev–Trinajstić information content (AvgIpc) is 3.00. The van der Waals surface area contributed by atoms with Crippen molar-refractivity contribution in [2.24, 2.45) is 0 Å². The van der Waals surface area contributed by atoms with E-state index in [0.717, 1.165) is 25.1 Å². The van der Waals surface area contributed by atoms with Gasteiger partial charge in [-0.25, -0.2) is 28.9 Å². The molecule has 50 heavy (non-hydrogen) atoms. The molecular formula is C29H37N3O18. The van der Waals surface area contributed by atoms with E-state index in [2.05, 4.69) is 15.0 Å². The Bertz CT molecular complexity index is 1480. The van der Waals surface area contributed by atoms with Gasteiger partial charge in [-0.3, -0.25) is 25.6 Å². The first-order valence-electron chi connectivity index (χ1n) is 14.3. The quantitative estimate of drug-likeness (QED) is 0.0586. The number of aliphatic hydroxyl groups excluding tert-OH is 1. The molecule has 0 spiro atoms. The van der Waals surface area contributed by atoms with Crippen molar-refractivity contribution in [2.75, 3.05) is 20.0 Å². The lowest BCUT2D eigenvalue weighted by atomic mass is 10.1. The lowest BCUT2D eigenvalue weighted by Gasteiger charge is -2.24. The molecule has 2 rings (SSSR count). The lowest BCUT2D eigenvalue weighted by molar-refractivity contribution is -0.527. The summed E-state index contributed by atoms with van der Waals surface area (Å²) in [7, 11) is 0. The van der Waals surface area contributed by atoms with E-state index >= 15 is 0 Å². The average molecular weight is 716 g/mol. The van der Waals surface area contributed by atoms with Crippen molar-refractivity contribution in [3.8, 4) is 17.2 Å². The normalized spacial score (nSPS) is 13.1. The van der Waals surface area contributed by atoms with Crippen LogP contribution in [0.5, 0.6) is 17.2 Å². The van der Waals surface area contributed by atoms with Gasteiger partial charge in [0.2, 0.25) is 6.79 Å². The number of nitrogens with one attached hydrogen (secondary N) is 1. The van der Waals surface area contributed by atoms with Crippen LogP contribution >= 0.6 is 0 Å². The van der Waals surface area contributed by atoms with E-state index < -0.39 is 90.4 Å². The molecule has 21 heteroatoms. The van der Waals surface area contributed by atoms with E-state index in [9.17, 15) is 29.1 Å². The fraction of sp³-hybridized carbons (Fsp3) is 0.414. The molecule has 3 unspecified atom stereocenters. The van der Waals surface area contributed by atoms with Gasteiger partial charge in [-0.1, -0.05) is 12.1 Å². The van der Waals surface area contributed by atoms with Gasteiger partial charge in [0.05, 0.1) is 22.4 Å². The smallest absolute Gasteiger partial charge is 0.408 e. The van der Waals surface area contributed by atoms with Gasteiger partial charge in [-0.2, -0.15) is 0 Å². The standard InChI is InChI=1S/C29H37N3O18/c1-16(33)24(30-28(38)49-29(3,4)5)27(37)48-23-12-18(10-11-22(23)43-13-19(50-32(41)42)14-46-31(39)40)25(35)44-15-45-26(36)20-8-6-7-9-21(20)47-17(2)34/h6-12,16,19,24,33,39-42H,13-15H2,1-5H3,(H,30,38). The summed E-state index contributed by atoms with van der Waals surface area (Å²) in [5.41, 5.74) is -1.39. The van der Waals surface area contributed by atoms with Crippen LogP contribution in [-0.2, 0) is 33.5 Å². The summed E-state index contributed by atoms with van der Waals surface area (Å²) in [6, 6.07) is 7.10. The number of esters is 4. The number of alkyl carbamates (subject to hydrolysis) is 1. The predicted octanol–water partition coefficient (Wildman–Crippen LogP) is 1.53. The third kappa shape index (κ3) is 14.7. The van der Waals surface area contributed by atoms with E-state index in [4.69, 9.17) is 49.3 Å². The van der Waals surface area contributed by atoms with E-state index in [0.29, 0.717) is 0 Å². The third-order valence-electron chi connectivity index (χ3n) is 5.58. The number of carbonyl (C=O) groups is 5. The maximum atomic E-state index is 13.1. The summed E-state index contributed by atoms with van der Waals surface area (Å²) in [5.74, 6) is -4.97. The molecule has 0 bridgehead atoms. The van der Waals surface area contributed by atoms with Gasteiger partial charge in [0.15, 0.2) is 17.5 Å². The van der Waals surface area contributed by atoms with Gasteiger partial charge in [0.1, 0.15) is 36.2 Å². The van der Waals surface area contributed by atoms with Crippen LogP contribution in [0.25, 0.3) is 0 Å². The zero-order chi connectivity index (χ0) is 37.6. The summed E-state index contributed by atoms with van der Waals surface area (Å²) in [4.78, 5) is 71.1. The molecule has 2 aromatic carbocycles. The van der Waals surface area contributed by atoms with Crippen LogP contribution in [0.2, 0.25) is 0 Å². The SMILES string of the molecule is CC(=O)Oc1ccccc1C(=O)OCOC(=O)c1ccc(OCC(CON(O)O)ON(O)O)c(OC(=O)C(NC(=O)OC(C)(C)C)C(C)O)c1. The molecule has 0 aromatic heterocycles. The molecule has 1 amide bonds. The van der Waals surface area contributed by atoms with Crippen LogP contribution in [0.4, 0.5) is 4.79 Å². The number of aliphatic hydroxyl groups is 1. The fourth-order valence-electron chi connectivity index (χ4n) is 3.57. The van der Waals surface area contributed by atoms with Crippen molar-refractivity contribution in [3.05, 3.63) is 53.6 Å². The highest BCUT2D eigenvalue weighted by Crippen LogP contribution is 2.30. The van der Waals surface area contributed by atoms with Crippen molar-refractivity contribution in [1.82, 2.24) is 16.1 Å². The molecule has 276 valence electrons. The highest BCUT2D eigenvalue weighted by atomic mass is 17.1. The second-order valence-corrected chi connectivity index (χ2v) is 10.9. The van der Waals surface area contributed by atoms with Crippen LogP contribution in [0.15, 0.2) is 42.5 Å². The van der Waals surface area contributed by atoms with Crippen LogP contribution in [0.1, 0.15) is 55.3 Å². The summed E-state index contributed by atoms with van der Waals surface area (Å²) in [5, 5.41) is 46.6. The lowest BCUT2D eigenvalue weighted by Crippen LogP contribution is -2.50. The van der Waals surface area contributed by atoms with Gasteiger partial charge in [-0.05, 0) is 58.0 Å². The number of nitrogens with zero attached hydrogens (tertiary/aromatic N) is 2. The minimum Gasteiger partial charge on any atom is -0.487 e. The van der Waals surface area contributed by atoms with Crippen LogP contribution in [0, 0.1) is 0 Å². The molecular weight excluding hydrogens is 678 g/mol. The molecule has 0 heterocycles. The Kier molecular flexibility index (Phi) is 15.9. The number of rotatable bonds is 17. The summed E-state index contributed by atoms with van der Waals surface area (Å²) in [6.07, 6.45) is -4.05. The summed E-state index contributed by atoms with van der Waals surface area (Å²) < 4.78 is 30.9. The minimum absolute atomic E-state index is 0.0926. The van der Waals surface area contributed by atoms with Crippen molar-refractivity contribution >= 4 is 30.0 Å². The molecule has 2 aromatic rings. The topological polar surface area (TPSA) is 279 Å². The van der Waals surface area contributed by atoms with Crippen molar-refractivity contribution < 1.29 is 88.0 Å². The van der Waals surface area contributed by atoms with Gasteiger partial charge in [-0.15, -0.1) is 0 Å². The maximum Gasteiger partial charge on any atom is 0.408 e. The van der Waals surface area contributed by atoms with Crippen molar-refractivity contribution in [1.29, 1.82) is 0 Å². The van der Waals surface area contributed by atoms with E-state index in [1.165, 1.54) is 31.2 Å². The Morgan fingerprint density at radius 1 is 0.840 bits per heavy atom. The van der Waals surface area contributed by atoms with Gasteiger partial charge in [0.25, 0.3) is 0 Å². The first-order valence-corrected chi connectivity index (χ1v) is 14.3. The molecule has 0 aliphatic carbocycles. The molecule has 0 saturated carbocycles. The van der Waals surface area contributed by atoms with Crippen molar-refractivity contribution in [3.63, 3.8) is 0 Å². The minimum atomic E-state index is -1.70. The predicted molar refractivity (Wildman–Crippen MR) is 158 cm³/mol. The molecule has 0 fully saturated rings. The fourth-order valence-corrected chi connectivity index (χ4v) is 3.57. The Balaban J connectivity index is 2.30. The molecule has 0 aliphatic rings. The number of benzene rings is 2. The van der Waals surface area contributed by atoms with Gasteiger partial charge < -0.3 is 38.8 Å². The first-order chi connectivity index (χ1) is 23.4. The zero-order valence-corrected chi connectivity index (χ0v) is 27.3. The van der Waals surface area contributed by atoms with E-state index in [-0.39, 0.29) is 22.6 Å². The molecule has 0 radical (unpaired) electrons. The molecule has 3 atom stereocenters. The summed E-state index contributed by atoms with van der Waals surface area (Å²) >= 11 is 0. The Morgan fingerprint density at radius 2 is 1.50 bits per heavy atom. The van der Waals surface area contributed by atoms with E-state index in [1.807, 2.05) is 0 Å². The number of ether oxygens (including phenoxy) is 6.